The first-order chi connectivity index (χ1) is 16.0. The quantitative estimate of drug-likeness (QED) is 0.425. The summed E-state index contributed by atoms with van der Waals surface area (Å²) >= 11 is 1.32. The molecule has 4 aromatic rings. The van der Waals surface area contributed by atoms with E-state index < -0.39 is 11.5 Å². The van der Waals surface area contributed by atoms with Crippen LogP contribution in [0, 0.1) is 0 Å². The van der Waals surface area contributed by atoms with Gasteiger partial charge >= 0.3 is 0 Å². The van der Waals surface area contributed by atoms with Crippen LogP contribution in [0.1, 0.15) is 35.3 Å². The number of ether oxygens (including phenoxy) is 2. The number of anilines is 1. The molecule has 0 aliphatic carbocycles. The number of carbonyl (C=O) groups excluding carboxylic acids is 1. The molecule has 0 fully saturated rings. The van der Waals surface area contributed by atoms with E-state index in [9.17, 15) is 9.59 Å². The number of carbonyl (C=O) groups is 1. The van der Waals surface area contributed by atoms with Gasteiger partial charge in [0.1, 0.15) is 17.1 Å². The highest BCUT2D eigenvalue weighted by molar-refractivity contribution is 7.15. The average molecular weight is 464 g/mol. The molecule has 1 amide bonds. The molecule has 0 bridgehead atoms. The number of rotatable bonds is 7. The minimum Gasteiger partial charge on any atom is -0.497 e. The summed E-state index contributed by atoms with van der Waals surface area (Å²) < 4.78 is 12.3. The topological polar surface area (TPSA) is 81.9 Å². The van der Waals surface area contributed by atoms with Crippen LogP contribution in [0.3, 0.4) is 0 Å². The Morgan fingerprint density at radius 2 is 1.82 bits per heavy atom. The smallest absolute Gasteiger partial charge is 0.271 e. The van der Waals surface area contributed by atoms with Crippen molar-refractivity contribution in [2.45, 2.75) is 26.7 Å². The SMILES string of the molecule is CCc1cccc(CC)c1NC(=O)c1cnc2scc(-c3cc(OC)ccc3OC)n2c1=O. The first-order valence-corrected chi connectivity index (χ1v) is 11.5. The van der Waals surface area contributed by atoms with Crippen molar-refractivity contribution in [3.8, 4) is 22.8 Å². The first-order valence-electron chi connectivity index (χ1n) is 10.7. The number of hydrogen-bond donors (Lipinski definition) is 1. The molecule has 170 valence electrons. The fourth-order valence-corrected chi connectivity index (χ4v) is 4.68. The number of benzene rings is 2. The van der Waals surface area contributed by atoms with Gasteiger partial charge < -0.3 is 14.8 Å². The molecule has 4 rings (SSSR count). The summed E-state index contributed by atoms with van der Waals surface area (Å²) in [6, 6.07) is 11.3. The second-order valence-corrected chi connectivity index (χ2v) is 8.23. The molecule has 0 aliphatic heterocycles. The van der Waals surface area contributed by atoms with Gasteiger partial charge in [-0.3, -0.25) is 14.0 Å². The van der Waals surface area contributed by atoms with Crippen molar-refractivity contribution in [3.05, 3.63) is 75.0 Å². The Bertz CT molecular complexity index is 1370. The van der Waals surface area contributed by atoms with Crippen LogP contribution < -0.4 is 20.3 Å². The molecule has 0 aliphatic rings. The summed E-state index contributed by atoms with van der Waals surface area (Å²) in [6.07, 6.45) is 2.88. The van der Waals surface area contributed by atoms with E-state index in [0.29, 0.717) is 27.7 Å². The zero-order valence-corrected chi connectivity index (χ0v) is 19.8. The number of nitrogens with zero attached hydrogens (tertiary/aromatic N) is 2. The van der Waals surface area contributed by atoms with E-state index in [0.717, 1.165) is 29.7 Å². The Morgan fingerprint density at radius 1 is 1.09 bits per heavy atom. The van der Waals surface area contributed by atoms with E-state index in [4.69, 9.17) is 9.47 Å². The predicted molar refractivity (Wildman–Crippen MR) is 131 cm³/mol. The molecule has 1 N–H and O–H groups in total. The number of aryl methyl sites for hydroxylation is 2. The second-order valence-electron chi connectivity index (χ2n) is 7.39. The molecule has 2 heterocycles. The molecule has 33 heavy (non-hydrogen) atoms. The summed E-state index contributed by atoms with van der Waals surface area (Å²) in [7, 11) is 3.14. The van der Waals surface area contributed by atoms with Crippen LogP contribution in [0.25, 0.3) is 16.2 Å². The van der Waals surface area contributed by atoms with Crippen LogP contribution in [0.4, 0.5) is 5.69 Å². The van der Waals surface area contributed by atoms with Crippen LogP contribution in [0.5, 0.6) is 11.5 Å². The van der Waals surface area contributed by atoms with E-state index in [2.05, 4.69) is 10.3 Å². The fraction of sp³-hybridized carbons (Fsp3) is 0.240. The molecular formula is C25H25N3O4S. The first kappa shape index (κ1) is 22.5. The van der Waals surface area contributed by atoms with Gasteiger partial charge in [-0.2, -0.15) is 0 Å². The Hall–Kier alpha value is -3.65. The van der Waals surface area contributed by atoms with Crippen LogP contribution in [0.15, 0.2) is 52.8 Å². The third kappa shape index (κ3) is 4.09. The van der Waals surface area contributed by atoms with Gasteiger partial charge in [-0.15, -0.1) is 11.3 Å². The van der Waals surface area contributed by atoms with Crippen molar-refractivity contribution in [2.75, 3.05) is 19.5 Å². The summed E-state index contributed by atoms with van der Waals surface area (Å²) in [5, 5.41) is 4.79. The molecule has 2 aromatic heterocycles. The number of fused-ring (bicyclic) bond motifs is 1. The normalized spacial score (nSPS) is 10.9. The van der Waals surface area contributed by atoms with Gasteiger partial charge in [-0.05, 0) is 42.2 Å². The van der Waals surface area contributed by atoms with Crippen molar-refractivity contribution in [3.63, 3.8) is 0 Å². The molecule has 0 unspecified atom stereocenters. The van der Waals surface area contributed by atoms with Crippen LogP contribution in [0.2, 0.25) is 0 Å². The number of aromatic nitrogens is 2. The van der Waals surface area contributed by atoms with Gasteiger partial charge in [0.25, 0.3) is 11.5 Å². The van der Waals surface area contributed by atoms with Crippen molar-refractivity contribution in [1.82, 2.24) is 9.38 Å². The van der Waals surface area contributed by atoms with Crippen LogP contribution in [-0.2, 0) is 12.8 Å². The molecule has 0 radical (unpaired) electrons. The molecule has 0 saturated carbocycles. The lowest BCUT2D eigenvalue weighted by Crippen LogP contribution is -2.27. The van der Waals surface area contributed by atoms with Gasteiger partial charge in [0, 0.05) is 22.8 Å². The van der Waals surface area contributed by atoms with Gasteiger partial charge in [0.15, 0.2) is 4.96 Å². The Labute approximate surface area is 195 Å². The molecule has 8 heteroatoms. The third-order valence-corrected chi connectivity index (χ3v) is 6.45. The van der Waals surface area contributed by atoms with Crippen molar-refractivity contribution in [1.29, 1.82) is 0 Å². The number of para-hydroxylation sites is 1. The summed E-state index contributed by atoms with van der Waals surface area (Å²) in [5.41, 5.74) is 3.60. The molecule has 0 saturated heterocycles. The number of hydrogen-bond acceptors (Lipinski definition) is 6. The maximum Gasteiger partial charge on any atom is 0.271 e. The van der Waals surface area contributed by atoms with Crippen molar-refractivity contribution >= 4 is 27.9 Å². The van der Waals surface area contributed by atoms with Crippen molar-refractivity contribution < 1.29 is 14.3 Å². The lowest BCUT2D eigenvalue weighted by atomic mass is 10.0. The minimum atomic E-state index is -0.479. The molecular weight excluding hydrogens is 438 g/mol. The third-order valence-electron chi connectivity index (χ3n) is 5.61. The number of nitrogens with one attached hydrogen (secondary N) is 1. The van der Waals surface area contributed by atoms with Crippen LogP contribution in [-0.4, -0.2) is 29.5 Å². The second kappa shape index (κ2) is 9.46. The fourth-order valence-electron chi connectivity index (χ4n) is 3.83. The number of thiazole rings is 1. The van der Waals surface area contributed by atoms with E-state index >= 15 is 0 Å². The standard InChI is InChI=1S/C25H25N3O4S/c1-5-15-8-7-9-16(6-2)22(15)27-23(29)19-13-26-25-28(24(19)30)20(14-33-25)18-12-17(31-3)10-11-21(18)32-4/h7-14H,5-6H2,1-4H3,(H,27,29). The van der Waals surface area contributed by atoms with Gasteiger partial charge in [-0.25, -0.2) is 4.98 Å². The van der Waals surface area contributed by atoms with Gasteiger partial charge in [0.05, 0.1) is 19.9 Å². The highest BCUT2D eigenvalue weighted by atomic mass is 32.1. The van der Waals surface area contributed by atoms with Gasteiger partial charge in [-0.1, -0.05) is 32.0 Å². The van der Waals surface area contributed by atoms with Crippen molar-refractivity contribution in [2.24, 2.45) is 0 Å². The summed E-state index contributed by atoms with van der Waals surface area (Å²) in [6.45, 7) is 4.07. The zero-order valence-electron chi connectivity index (χ0n) is 19.0. The molecule has 0 spiro atoms. The summed E-state index contributed by atoms with van der Waals surface area (Å²) in [5.74, 6) is 0.734. The highest BCUT2D eigenvalue weighted by Gasteiger charge is 2.20. The lowest BCUT2D eigenvalue weighted by molar-refractivity contribution is 0.102. The van der Waals surface area contributed by atoms with E-state index in [1.807, 2.05) is 37.4 Å². The average Bonchev–Trinajstić information content (AvgIpc) is 3.28. The molecule has 7 nitrogen and oxygen atoms in total. The Kier molecular flexibility index (Phi) is 6.46. The molecule has 2 aromatic carbocycles. The number of methoxy groups -OCH3 is 2. The van der Waals surface area contributed by atoms with E-state index in [1.165, 1.54) is 21.9 Å². The minimum absolute atomic E-state index is 0.0260. The van der Waals surface area contributed by atoms with E-state index in [1.54, 1.807) is 32.4 Å². The molecule has 0 atom stereocenters. The van der Waals surface area contributed by atoms with Gasteiger partial charge in [0.2, 0.25) is 0 Å². The summed E-state index contributed by atoms with van der Waals surface area (Å²) in [4.78, 5) is 31.5. The zero-order chi connectivity index (χ0) is 23.5. The largest absolute Gasteiger partial charge is 0.497 e. The maximum atomic E-state index is 13.5. The number of amides is 1. The van der Waals surface area contributed by atoms with Crippen LogP contribution >= 0.6 is 11.3 Å². The Morgan fingerprint density at radius 3 is 2.45 bits per heavy atom. The highest BCUT2D eigenvalue weighted by Crippen LogP contribution is 2.35. The lowest BCUT2D eigenvalue weighted by Gasteiger charge is -2.14. The predicted octanol–water partition coefficient (Wildman–Crippen LogP) is 4.82. The van der Waals surface area contributed by atoms with E-state index in [-0.39, 0.29) is 5.56 Å². The Balaban J connectivity index is 1.83. The maximum absolute atomic E-state index is 13.5. The monoisotopic (exact) mass is 463 g/mol.